The number of halogens is 1. The van der Waals surface area contributed by atoms with Gasteiger partial charge in [-0.25, -0.2) is 0 Å². The lowest BCUT2D eigenvalue weighted by Crippen LogP contribution is -2.41. The van der Waals surface area contributed by atoms with Crippen LogP contribution < -0.4 is 4.90 Å². The molecule has 0 bridgehead atoms. The summed E-state index contributed by atoms with van der Waals surface area (Å²) in [5.74, 6) is -0.408. The van der Waals surface area contributed by atoms with E-state index >= 15 is 0 Å². The lowest BCUT2D eigenvalue weighted by atomic mass is 9.90. The third-order valence-electron chi connectivity index (χ3n) is 4.93. The number of fused-ring (bicyclic) bond motifs is 1. The maximum atomic E-state index is 13.2. The largest absolute Gasteiger partial charge is 0.465 e. The van der Waals surface area contributed by atoms with Gasteiger partial charge < -0.3 is 14.4 Å². The SMILES string of the molecule is O=C(/C=C/c1ccco1)CC1(O)C(=O)N(Cc2ccccc2Cl)c2ccccc21. The summed E-state index contributed by atoms with van der Waals surface area (Å²) in [4.78, 5) is 27.2. The van der Waals surface area contributed by atoms with Gasteiger partial charge in [0.15, 0.2) is 11.4 Å². The molecule has 6 heteroatoms. The number of benzene rings is 2. The number of allylic oxidation sites excluding steroid dienone is 1. The summed E-state index contributed by atoms with van der Waals surface area (Å²) in [6.07, 6.45) is 3.96. The molecule has 0 radical (unpaired) electrons. The summed E-state index contributed by atoms with van der Waals surface area (Å²) in [5, 5.41) is 11.8. The van der Waals surface area contributed by atoms with Crippen LogP contribution in [-0.4, -0.2) is 16.8 Å². The highest BCUT2D eigenvalue weighted by atomic mass is 35.5. The minimum absolute atomic E-state index is 0.203. The highest BCUT2D eigenvalue weighted by Gasteiger charge is 2.50. The van der Waals surface area contributed by atoms with Crippen molar-refractivity contribution in [1.82, 2.24) is 0 Å². The zero-order valence-corrected chi connectivity index (χ0v) is 16.2. The van der Waals surface area contributed by atoms with Crippen LogP contribution in [0.2, 0.25) is 5.02 Å². The normalized spacial score (nSPS) is 18.4. The van der Waals surface area contributed by atoms with Crippen LogP contribution in [0.3, 0.4) is 0 Å². The van der Waals surface area contributed by atoms with Crippen LogP contribution in [0.4, 0.5) is 5.69 Å². The molecule has 1 aliphatic rings. The van der Waals surface area contributed by atoms with Crippen LogP contribution in [0.1, 0.15) is 23.3 Å². The Bertz CT molecular complexity index is 1090. The van der Waals surface area contributed by atoms with E-state index in [2.05, 4.69) is 0 Å². The monoisotopic (exact) mass is 407 g/mol. The number of anilines is 1. The van der Waals surface area contributed by atoms with Crippen molar-refractivity contribution in [3.63, 3.8) is 0 Å². The van der Waals surface area contributed by atoms with Gasteiger partial charge in [-0.2, -0.15) is 0 Å². The molecule has 0 fully saturated rings. The first-order valence-electron chi connectivity index (χ1n) is 9.11. The molecule has 1 amide bonds. The predicted octanol–water partition coefficient (Wildman–Crippen LogP) is 4.34. The molecule has 0 saturated heterocycles. The number of nitrogens with zero attached hydrogens (tertiary/aromatic N) is 1. The van der Waals surface area contributed by atoms with Crippen molar-refractivity contribution in [3.8, 4) is 0 Å². The van der Waals surface area contributed by atoms with Crippen LogP contribution in [0, 0.1) is 0 Å². The Morgan fingerprint density at radius 1 is 1.10 bits per heavy atom. The topological polar surface area (TPSA) is 70.7 Å². The van der Waals surface area contributed by atoms with E-state index in [9.17, 15) is 14.7 Å². The average Bonchev–Trinajstić information content (AvgIpc) is 3.30. The lowest BCUT2D eigenvalue weighted by Gasteiger charge is -2.22. The van der Waals surface area contributed by atoms with Gasteiger partial charge in [0.1, 0.15) is 5.76 Å². The van der Waals surface area contributed by atoms with Gasteiger partial charge in [0.25, 0.3) is 5.91 Å². The summed E-state index contributed by atoms with van der Waals surface area (Å²) in [5.41, 5.74) is -0.187. The Morgan fingerprint density at radius 2 is 1.86 bits per heavy atom. The van der Waals surface area contributed by atoms with Gasteiger partial charge in [-0.15, -0.1) is 0 Å². The molecule has 1 aromatic heterocycles. The highest BCUT2D eigenvalue weighted by Crippen LogP contribution is 2.43. The molecule has 0 aliphatic carbocycles. The van der Waals surface area contributed by atoms with Crippen LogP contribution in [-0.2, 0) is 21.7 Å². The zero-order chi connectivity index (χ0) is 20.4. The molecule has 2 aromatic carbocycles. The minimum atomic E-state index is -1.93. The van der Waals surface area contributed by atoms with E-state index in [0.29, 0.717) is 22.0 Å². The Labute approximate surface area is 172 Å². The summed E-state index contributed by atoms with van der Waals surface area (Å²) in [6, 6.07) is 17.6. The second kappa shape index (κ2) is 7.70. The third-order valence-corrected chi connectivity index (χ3v) is 5.30. The quantitative estimate of drug-likeness (QED) is 0.617. The fraction of sp³-hybridized carbons (Fsp3) is 0.130. The van der Waals surface area contributed by atoms with Crippen molar-refractivity contribution in [3.05, 3.63) is 94.9 Å². The second-order valence-electron chi connectivity index (χ2n) is 6.85. The number of carbonyl (C=O) groups is 2. The second-order valence-corrected chi connectivity index (χ2v) is 7.26. The molecule has 29 heavy (non-hydrogen) atoms. The maximum Gasteiger partial charge on any atom is 0.264 e. The average molecular weight is 408 g/mol. The molecule has 146 valence electrons. The van der Waals surface area contributed by atoms with E-state index in [0.717, 1.165) is 5.56 Å². The number of amides is 1. The van der Waals surface area contributed by atoms with Crippen LogP contribution in [0.25, 0.3) is 6.08 Å². The summed E-state index contributed by atoms with van der Waals surface area (Å²) >= 11 is 6.25. The molecule has 3 aromatic rings. The Morgan fingerprint density at radius 3 is 2.62 bits per heavy atom. The number of hydrogen-bond donors (Lipinski definition) is 1. The molecule has 5 nitrogen and oxygen atoms in total. The van der Waals surface area contributed by atoms with Gasteiger partial charge in [0, 0.05) is 10.6 Å². The fourth-order valence-electron chi connectivity index (χ4n) is 3.50. The molecule has 0 saturated carbocycles. The van der Waals surface area contributed by atoms with Crippen molar-refractivity contribution in [2.24, 2.45) is 0 Å². The highest BCUT2D eigenvalue weighted by molar-refractivity contribution is 6.31. The van der Waals surface area contributed by atoms with Gasteiger partial charge in [0.2, 0.25) is 0 Å². The van der Waals surface area contributed by atoms with Crippen molar-refractivity contribution >= 4 is 35.1 Å². The van der Waals surface area contributed by atoms with Gasteiger partial charge in [-0.3, -0.25) is 9.59 Å². The number of rotatable bonds is 6. The summed E-state index contributed by atoms with van der Waals surface area (Å²) < 4.78 is 5.16. The molecule has 2 heterocycles. The lowest BCUT2D eigenvalue weighted by molar-refractivity contribution is -0.140. The van der Waals surface area contributed by atoms with E-state index in [1.165, 1.54) is 23.3 Å². The Hall–Kier alpha value is -3.15. The van der Waals surface area contributed by atoms with Crippen LogP contribution in [0.15, 0.2) is 77.4 Å². The van der Waals surface area contributed by atoms with E-state index in [1.54, 1.807) is 42.5 Å². The van der Waals surface area contributed by atoms with Gasteiger partial charge in [-0.1, -0.05) is 48.0 Å². The van der Waals surface area contributed by atoms with E-state index in [4.69, 9.17) is 16.0 Å². The first-order chi connectivity index (χ1) is 14.0. The Kier molecular flexibility index (Phi) is 5.09. The van der Waals surface area contributed by atoms with E-state index < -0.39 is 11.5 Å². The van der Waals surface area contributed by atoms with E-state index in [1.807, 2.05) is 18.2 Å². The smallest absolute Gasteiger partial charge is 0.264 e. The Balaban J connectivity index is 1.63. The van der Waals surface area contributed by atoms with Crippen LogP contribution >= 0.6 is 11.6 Å². The van der Waals surface area contributed by atoms with Gasteiger partial charge in [0.05, 0.1) is 24.9 Å². The molecule has 1 aliphatic heterocycles. The third kappa shape index (κ3) is 3.62. The van der Waals surface area contributed by atoms with Gasteiger partial charge >= 0.3 is 0 Å². The molecule has 1 N–H and O–H groups in total. The number of para-hydroxylation sites is 1. The van der Waals surface area contributed by atoms with Crippen molar-refractivity contribution in [2.75, 3.05) is 4.90 Å². The number of aliphatic hydroxyl groups is 1. The van der Waals surface area contributed by atoms with Crippen molar-refractivity contribution in [1.29, 1.82) is 0 Å². The first-order valence-corrected chi connectivity index (χ1v) is 9.48. The predicted molar refractivity (Wildman–Crippen MR) is 110 cm³/mol. The minimum Gasteiger partial charge on any atom is -0.465 e. The fourth-order valence-corrected chi connectivity index (χ4v) is 3.70. The number of carbonyl (C=O) groups excluding carboxylic acids is 2. The van der Waals surface area contributed by atoms with Crippen LogP contribution in [0.5, 0.6) is 0 Å². The summed E-state index contributed by atoms with van der Waals surface area (Å²) in [7, 11) is 0. The van der Waals surface area contributed by atoms with E-state index in [-0.39, 0.29) is 18.7 Å². The molecular formula is C23H18ClNO4. The molecule has 1 unspecified atom stereocenters. The van der Waals surface area contributed by atoms with Crippen molar-refractivity contribution in [2.45, 2.75) is 18.6 Å². The number of furan rings is 1. The molecule has 0 spiro atoms. The summed E-state index contributed by atoms with van der Waals surface area (Å²) in [6.45, 7) is 0.203. The molecule has 4 rings (SSSR count). The number of hydrogen-bond acceptors (Lipinski definition) is 4. The van der Waals surface area contributed by atoms with Gasteiger partial charge in [-0.05, 0) is 42.0 Å². The molecular weight excluding hydrogens is 390 g/mol. The molecule has 1 atom stereocenters. The number of ketones is 1. The zero-order valence-electron chi connectivity index (χ0n) is 15.4. The first kappa shape index (κ1) is 19.2. The maximum absolute atomic E-state index is 13.2. The standard InChI is InChI=1S/C23H18ClNO4/c24-20-9-3-1-6-16(20)15-25-21-10-4-2-8-19(21)23(28,22(25)27)14-17(26)11-12-18-7-5-13-29-18/h1-13,28H,14-15H2/b12-11+. The van der Waals surface area contributed by atoms with Crippen molar-refractivity contribution < 1.29 is 19.1 Å².